The first kappa shape index (κ1) is 15.9. The highest BCUT2D eigenvalue weighted by atomic mass is 16.4. The summed E-state index contributed by atoms with van der Waals surface area (Å²) in [5.41, 5.74) is 0.289. The molecule has 1 amide bonds. The van der Waals surface area contributed by atoms with Crippen molar-refractivity contribution in [2.75, 3.05) is 24.5 Å². The van der Waals surface area contributed by atoms with Crippen LogP contribution < -0.4 is 15.8 Å². The van der Waals surface area contributed by atoms with Gasteiger partial charge < -0.3 is 20.4 Å². The monoisotopic (exact) mass is 330 g/mol. The lowest BCUT2D eigenvalue weighted by Crippen LogP contribution is -2.29. The summed E-state index contributed by atoms with van der Waals surface area (Å²) in [6.45, 7) is 2.00. The molecule has 0 spiro atoms. The summed E-state index contributed by atoms with van der Waals surface area (Å²) in [4.78, 5) is 28.9. The van der Waals surface area contributed by atoms with E-state index in [0.717, 1.165) is 31.4 Å². The SMILES string of the molecule is O=C(O)NC[C@@H]1CCN(c2ccc(-n3ccc(O)cc3=O)cn2)C1. The molecule has 0 unspecified atom stereocenters. The Balaban J connectivity index is 1.69. The third-order valence-corrected chi connectivity index (χ3v) is 4.07. The van der Waals surface area contributed by atoms with E-state index in [1.54, 1.807) is 12.3 Å². The number of carbonyl (C=O) groups is 1. The Labute approximate surface area is 138 Å². The molecule has 126 valence electrons. The maximum atomic E-state index is 11.9. The van der Waals surface area contributed by atoms with Gasteiger partial charge in [-0.2, -0.15) is 0 Å². The number of aromatic nitrogens is 2. The van der Waals surface area contributed by atoms with Crippen LogP contribution in [-0.2, 0) is 0 Å². The van der Waals surface area contributed by atoms with Gasteiger partial charge >= 0.3 is 6.09 Å². The lowest BCUT2D eigenvalue weighted by atomic mass is 10.1. The van der Waals surface area contributed by atoms with Crippen LogP contribution in [-0.4, -0.2) is 45.5 Å². The molecule has 0 radical (unpaired) electrons. The second-order valence-electron chi connectivity index (χ2n) is 5.75. The Morgan fingerprint density at radius 2 is 2.21 bits per heavy atom. The van der Waals surface area contributed by atoms with Gasteiger partial charge in [-0.25, -0.2) is 9.78 Å². The van der Waals surface area contributed by atoms with E-state index in [-0.39, 0.29) is 17.2 Å². The van der Waals surface area contributed by atoms with Crippen LogP contribution in [0.3, 0.4) is 0 Å². The van der Waals surface area contributed by atoms with Crippen LogP contribution in [0.4, 0.5) is 10.6 Å². The van der Waals surface area contributed by atoms with Gasteiger partial charge in [0, 0.05) is 31.9 Å². The van der Waals surface area contributed by atoms with Crippen LogP contribution in [0.1, 0.15) is 6.42 Å². The van der Waals surface area contributed by atoms with E-state index in [1.807, 2.05) is 6.07 Å². The molecule has 3 heterocycles. The molecule has 2 aromatic rings. The van der Waals surface area contributed by atoms with Gasteiger partial charge in [0.25, 0.3) is 5.56 Å². The summed E-state index contributed by atoms with van der Waals surface area (Å²) in [5, 5.41) is 20.4. The first-order valence-corrected chi connectivity index (χ1v) is 7.63. The van der Waals surface area contributed by atoms with Crippen molar-refractivity contribution in [3.63, 3.8) is 0 Å². The Hall–Kier alpha value is -3.03. The van der Waals surface area contributed by atoms with Gasteiger partial charge in [0.2, 0.25) is 0 Å². The van der Waals surface area contributed by atoms with Crippen LogP contribution in [0.2, 0.25) is 0 Å². The molecule has 2 aromatic heterocycles. The Morgan fingerprint density at radius 3 is 2.88 bits per heavy atom. The number of nitrogens with one attached hydrogen (secondary N) is 1. The number of hydrogen-bond acceptors (Lipinski definition) is 5. The standard InChI is InChI=1S/C16H18N4O4/c21-13-4-6-20(15(22)7-13)12-1-2-14(17-9-12)19-5-3-11(10-19)8-18-16(23)24/h1-2,4,6-7,9,11,18,21H,3,5,8,10H2,(H,23,24)/t11-/m0/s1. The van der Waals surface area contributed by atoms with Crippen molar-refractivity contribution >= 4 is 11.9 Å². The largest absolute Gasteiger partial charge is 0.508 e. The molecule has 1 fully saturated rings. The molecule has 3 N–H and O–H groups in total. The maximum Gasteiger partial charge on any atom is 0.404 e. The minimum atomic E-state index is -1.00. The number of pyridine rings is 2. The van der Waals surface area contributed by atoms with E-state index in [4.69, 9.17) is 5.11 Å². The molecule has 0 aromatic carbocycles. The van der Waals surface area contributed by atoms with Crippen LogP contribution in [0, 0.1) is 5.92 Å². The molecule has 1 atom stereocenters. The van der Waals surface area contributed by atoms with E-state index in [2.05, 4.69) is 15.2 Å². The second kappa shape index (κ2) is 6.61. The predicted octanol–water partition coefficient (Wildman–Crippen LogP) is 1.03. The summed E-state index contributed by atoms with van der Waals surface area (Å²) in [6, 6.07) is 6.22. The maximum absolute atomic E-state index is 11.9. The molecule has 8 nitrogen and oxygen atoms in total. The highest BCUT2D eigenvalue weighted by Crippen LogP contribution is 2.22. The molecule has 0 aliphatic carbocycles. The molecule has 1 aliphatic rings. The average molecular weight is 330 g/mol. The van der Waals surface area contributed by atoms with Crippen molar-refractivity contribution in [3.8, 4) is 11.4 Å². The van der Waals surface area contributed by atoms with Gasteiger partial charge in [-0.1, -0.05) is 0 Å². The third-order valence-electron chi connectivity index (χ3n) is 4.07. The average Bonchev–Trinajstić information content (AvgIpc) is 3.02. The highest BCUT2D eigenvalue weighted by molar-refractivity contribution is 5.64. The zero-order valence-corrected chi connectivity index (χ0v) is 12.9. The number of amides is 1. The normalized spacial score (nSPS) is 17.0. The Morgan fingerprint density at radius 1 is 1.38 bits per heavy atom. The van der Waals surface area contributed by atoms with E-state index in [1.165, 1.54) is 16.8 Å². The van der Waals surface area contributed by atoms with Gasteiger partial charge in [0.05, 0.1) is 11.9 Å². The molecule has 8 heteroatoms. The number of anilines is 1. The lowest BCUT2D eigenvalue weighted by Gasteiger charge is -2.18. The first-order chi connectivity index (χ1) is 11.5. The summed E-state index contributed by atoms with van der Waals surface area (Å²) in [7, 11) is 0. The van der Waals surface area contributed by atoms with Crippen molar-refractivity contribution in [3.05, 3.63) is 47.0 Å². The van der Waals surface area contributed by atoms with Gasteiger partial charge in [0.15, 0.2) is 0 Å². The smallest absolute Gasteiger partial charge is 0.404 e. The van der Waals surface area contributed by atoms with Crippen LogP contribution in [0.25, 0.3) is 5.69 Å². The Bertz CT molecular complexity index is 787. The van der Waals surface area contributed by atoms with E-state index in [0.29, 0.717) is 12.2 Å². The fourth-order valence-electron chi connectivity index (χ4n) is 2.83. The number of hydrogen-bond donors (Lipinski definition) is 3. The number of carboxylic acid groups (broad SMARTS) is 1. The van der Waals surface area contributed by atoms with Crippen molar-refractivity contribution in [1.29, 1.82) is 0 Å². The summed E-state index contributed by atoms with van der Waals surface area (Å²) in [5.74, 6) is 0.990. The van der Waals surface area contributed by atoms with Crippen LogP contribution >= 0.6 is 0 Å². The third kappa shape index (κ3) is 3.48. The van der Waals surface area contributed by atoms with Crippen molar-refractivity contribution in [2.45, 2.75) is 6.42 Å². The number of rotatable bonds is 4. The highest BCUT2D eigenvalue weighted by Gasteiger charge is 2.23. The zero-order valence-electron chi connectivity index (χ0n) is 12.9. The molecule has 1 saturated heterocycles. The Kier molecular flexibility index (Phi) is 4.37. The molecule has 0 saturated carbocycles. The first-order valence-electron chi connectivity index (χ1n) is 7.63. The quantitative estimate of drug-likeness (QED) is 0.773. The van der Waals surface area contributed by atoms with Crippen molar-refractivity contribution < 1.29 is 15.0 Å². The van der Waals surface area contributed by atoms with Crippen molar-refractivity contribution in [2.24, 2.45) is 5.92 Å². The van der Waals surface area contributed by atoms with E-state index in [9.17, 15) is 14.7 Å². The molecule has 3 rings (SSSR count). The summed E-state index contributed by atoms with van der Waals surface area (Å²) in [6.07, 6.45) is 3.01. The van der Waals surface area contributed by atoms with Gasteiger partial charge in [-0.05, 0) is 30.5 Å². The summed E-state index contributed by atoms with van der Waals surface area (Å²) < 4.78 is 1.40. The van der Waals surface area contributed by atoms with Gasteiger partial charge in [-0.15, -0.1) is 0 Å². The van der Waals surface area contributed by atoms with Gasteiger partial charge in [0.1, 0.15) is 11.6 Å². The molecule has 24 heavy (non-hydrogen) atoms. The fraction of sp³-hybridized carbons (Fsp3) is 0.312. The summed E-state index contributed by atoms with van der Waals surface area (Å²) >= 11 is 0. The lowest BCUT2D eigenvalue weighted by molar-refractivity contribution is 0.192. The zero-order chi connectivity index (χ0) is 17.1. The van der Waals surface area contributed by atoms with Crippen LogP contribution in [0.5, 0.6) is 5.75 Å². The van der Waals surface area contributed by atoms with E-state index < -0.39 is 6.09 Å². The van der Waals surface area contributed by atoms with Crippen molar-refractivity contribution in [1.82, 2.24) is 14.9 Å². The molecule has 1 aliphatic heterocycles. The fourth-order valence-corrected chi connectivity index (χ4v) is 2.83. The molecular formula is C16H18N4O4. The minimum Gasteiger partial charge on any atom is -0.508 e. The number of nitrogens with zero attached hydrogens (tertiary/aromatic N) is 3. The van der Waals surface area contributed by atoms with E-state index >= 15 is 0 Å². The van der Waals surface area contributed by atoms with Gasteiger partial charge in [-0.3, -0.25) is 9.36 Å². The molecular weight excluding hydrogens is 312 g/mol. The predicted molar refractivity (Wildman–Crippen MR) is 87.8 cm³/mol. The minimum absolute atomic E-state index is 0.0705. The second-order valence-corrected chi connectivity index (χ2v) is 5.75. The number of aromatic hydroxyl groups is 1. The van der Waals surface area contributed by atoms with Crippen LogP contribution in [0.15, 0.2) is 41.5 Å². The topological polar surface area (TPSA) is 108 Å². The molecule has 0 bridgehead atoms.